The summed E-state index contributed by atoms with van der Waals surface area (Å²) in [6.07, 6.45) is 4.62. The van der Waals surface area contributed by atoms with Crippen LogP contribution in [-0.4, -0.2) is 30.3 Å². The van der Waals surface area contributed by atoms with E-state index in [1.165, 1.54) is 25.7 Å². The first-order valence-electron chi connectivity index (χ1n) is 10.9. The number of amides is 1. The van der Waals surface area contributed by atoms with Crippen molar-refractivity contribution in [2.75, 3.05) is 13.2 Å². The molecule has 0 spiro atoms. The van der Waals surface area contributed by atoms with Gasteiger partial charge in [0.2, 0.25) is 0 Å². The van der Waals surface area contributed by atoms with Gasteiger partial charge in [0.05, 0.1) is 11.6 Å². The molecule has 32 heavy (non-hydrogen) atoms. The third-order valence-corrected chi connectivity index (χ3v) is 6.24. The molecule has 0 radical (unpaired) electrons. The lowest BCUT2D eigenvalue weighted by molar-refractivity contribution is 0.0326. The number of hydrogen-bond acceptors (Lipinski definition) is 5. The molecule has 1 unspecified atom stereocenters. The van der Waals surface area contributed by atoms with E-state index in [9.17, 15) is 9.59 Å². The number of fused-ring (bicyclic) bond motifs is 1. The lowest BCUT2D eigenvalue weighted by atomic mass is 10.0. The number of benzene rings is 2. The molecule has 1 aliphatic heterocycles. The lowest BCUT2D eigenvalue weighted by Crippen LogP contribution is -2.25. The van der Waals surface area contributed by atoms with Crippen LogP contribution in [0, 0.1) is 5.92 Å². The van der Waals surface area contributed by atoms with Gasteiger partial charge in [-0.05, 0) is 42.7 Å². The van der Waals surface area contributed by atoms with Gasteiger partial charge in [-0.25, -0.2) is 4.79 Å². The first-order valence-corrected chi connectivity index (χ1v) is 11.3. The number of ether oxygens (including phenoxy) is 3. The fourth-order valence-electron chi connectivity index (χ4n) is 4.27. The Balaban J connectivity index is 1.37. The summed E-state index contributed by atoms with van der Waals surface area (Å²) in [5.41, 5.74) is 1.14. The van der Waals surface area contributed by atoms with Crippen LogP contribution in [0.15, 0.2) is 36.4 Å². The van der Waals surface area contributed by atoms with Crippen LogP contribution >= 0.6 is 11.6 Å². The van der Waals surface area contributed by atoms with E-state index in [0.29, 0.717) is 53.0 Å². The molecular weight excluding hydrogens is 434 g/mol. The molecule has 1 atom stereocenters. The topological polar surface area (TPSA) is 94.1 Å². The Morgan fingerprint density at radius 3 is 2.59 bits per heavy atom. The number of carbonyl (C=O) groups is 2. The largest absolute Gasteiger partial charge is 0.506 e. The molecule has 1 amide bonds. The van der Waals surface area contributed by atoms with Crippen molar-refractivity contribution in [2.24, 2.45) is 5.92 Å². The smallest absolute Gasteiger partial charge is 0.493 e. The third kappa shape index (κ3) is 5.46. The van der Waals surface area contributed by atoms with Gasteiger partial charge < -0.3 is 24.6 Å². The monoisotopic (exact) mass is 459 g/mol. The van der Waals surface area contributed by atoms with E-state index >= 15 is 0 Å². The second-order valence-electron chi connectivity index (χ2n) is 8.15. The maximum atomic E-state index is 12.4. The quantitative estimate of drug-likeness (QED) is 0.496. The molecule has 2 N–H and O–H groups in total. The van der Waals surface area contributed by atoms with Crippen molar-refractivity contribution >= 4 is 23.7 Å². The summed E-state index contributed by atoms with van der Waals surface area (Å²) in [4.78, 5) is 23.3. The molecule has 170 valence electrons. The van der Waals surface area contributed by atoms with Gasteiger partial charge in [0, 0.05) is 30.2 Å². The van der Waals surface area contributed by atoms with Crippen molar-refractivity contribution < 1.29 is 28.9 Å². The normalized spacial score (nSPS) is 17.8. The summed E-state index contributed by atoms with van der Waals surface area (Å²) in [6, 6.07) is 10.1. The average Bonchev–Trinajstić information content (AvgIpc) is 3.28. The number of nitrogens with one attached hydrogen (secondary N) is 1. The molecule has 8 heteroatoms. The van der Waals surface area contributed by atoms with E-state index in [2.05, 4.69) is 5.32 Å². The van der Waals surface area contributed by atoms with Crippen LogP contribution in [-0.2, 0) is 4.74 Å². The Kier molecular flexibility index (Phi) is 7.05. The third-order valence-electron chi connectivity index (χ3n) is 5.95. The summed E-state index contributed by atoms with van der Waals surface area (Å²) in [5.74, 6) is 2.00. The Bertz CT molecular complexity index is 971. The van der Waals surface area contributed by atoms with Gasteiger partial charge in [-0.15, -0.1) is 0 Å². The Hall–Kier alpha value is -2.93. The van der Waals surface area contributed by atoms with Crippen LogP contribution in [0.5, 0.6) is 17.2 Å². The van der Waals surface area contributed by atoms with Gasteiger partial charge in [-0.3, -0.25) is 4.79 Å². The van der Waals surface area contributed by atoms with E-state index in [4.69, 9.17) is 30.9 Å². The van der Waals surface area contributed by atoms with Crippen molar-refractivity contribution in [1.29, 1.82) is 0 Å². The molecule has 0 aromatic heterocycles. The van der Waals surface area contributed by atoms with Gasteiger partial charge in [-0.1, -0.05) is 37.3 Å². The minimum atomic E-state index is -1.35. The standard InChI is InChI=1S/C24H26ClNO6/c25-19-13-18-20(32-24(28)29)10-12-30-21(18)14-22(19)31-17-7-5-16(6-8-17)23(27)26-11-9-15-3-1-2-4-15/h5-8,13-15,20H,1-4,9-12H2,(H,26,27)(H,28,29). The average molecular weight is 460 g/mol. The summed E-state index contributed by atoms with van der Waals surface area (Å²) >= 11 is 6.36. The highest BCUT2D eigenvalue weighted by Gasteiger charge is 2.27. The number of carbonyl (C=O) groups excluding carboxylic acids is 1. The SMILES string of the molecule is O=C(O)OC1CCOc2cc(Oc3ccc(C(=O)NCCC4CCCC4)cc3)c(Cl)cc21. The number of hydrogen-bond donors (Lipinski definition) is 2. The molecule has 1 saturated carbocycles. The fourth-order valence-corrected chi connectivity index (χ4v) is 4.48. The van der Waals surface area contributed by atoms with Gasteiger partial charge in [-0.2, -0.15) is 0 Å². The molecule has 7 nitrogen and oxygen atoms in total. The van der Waals surface area contributed by atoms with E-state index in [1.54, 1.807) is 36.4 Å². The van der Waals surface area contributed by atoms with E-state index < -0.39 is 12.3 Å². The van der Waals surface area contributed by atoms with E-state index in [-0.39, 0.29) is 5.91 Å². The molecule has 0 bridgehead atoms. The molecule has 1 aliphatic carbocycles. The predicted molar refractivity (Wildman–Crippen MR) is 119 cm³/mol. The molecule has 0 saturated heterocycles. The van der Waals surface area contributed by atoms with Crippen molar-refractivity contribution in [3.63, 3.8) is 0 Å². The van der Waals surface area contributed by atoms with Gasteiger partial charge >= 0.3 is 6.16 Å². The minimum absolute atomic E-state index is 0.0979. The van der Waals surface area contributed by atoms with Gasteiger partial charge in [0.25, 0.3) is 5.91 Å². The second-order valence-corrected chi connectivity index (χ2v) is 8.56. The maximum absolute atomic E-state index is 12.4. The molecule has 2 aliphatic rings. The zero-order valence-electron chi connectivity index (χ0n) is 17.6. The van der Waals surface area contributed by atoms with E-state index in [0.717, 1.165) is 12.3 Å². The number of rotatable bonds is 7. The van der Waals surface area contributed by atoms with Crippen LogP contribution in [0.1, 0.15) is 60.6 Å². The summed E-state index contributed by atoms with van der Waals surface area (Å²) in [7, 11) is 0. The fraction of sp³-hybridized carbons (Fsp3) is 0.417. The van der Waals surface area contributed by atoms with Crippen molar-refractivity contribution in [3.8, 4) is 17.2 Å². The molecule has 1 fully saturated rings. The second kappa shape index (κ2) is 10.1. The van der Waals surface area contributed by atoms with E-state index in [1.807, 2.05) is 0 Å². The van der Waals surface area contributed by atoms with Crippen molar-refractivity contribution in [3.05, 3.63) is 52.5 Å². The molecule has 2 aromatic rings. The van der Waals surface area contributed by atoms with Gasteiger partial charge in [0.15, 0.2) is 0 Å². The zero-order valence-corrected chi connectivity index (χ0v) is 18.4. The Labute approximate surface area is 191 Å². The van der Waals surface area contributed by atoms with Crippen molar-refractivity contribution in [1.82, 2.24) is 5.32 Å². The lowest BCUT2D eigenvalue weighted by Gasteiger charge is -2.25. The highest BCUT2D eigenvalue weighted by atomic mass is 35.5. The molecule has 2 aromatic carbocycles. The molecule has 4 rings (SSSR count). The highest BCUT2D eigenvalue weighted by molar-refractivity contribution is 6.32. The molecule has 1 heterocycles. The molecular formula is C24H26ClNO6. The van der Waals surface area contributed by atoms with Crippen molar-refractivity contribution in [2.45, 2.75) is 44.6 Å². The predicted octanol–water partition coefficient (Wildman–Crippen LogP) is 5.96. The Morgan fingerprint density at radius 2 is 1.88 bits per heavy atom. The maximum Gasteiger partial charge on any atom is 0.506 e. The van der Waals surface area contributed by atoms with Gasteiger partial charge in [0.1, 0.15) is 23.4 Å². The first-order chi connectivity index (χ1) is 15.5. The summed E-state index contributed by atoms with van der Waals surface area (Å²) < 4.78 is 16.4. The number of halogens is 1. The first kappa shape index (κ1) is 22.3. The zero-order chi connectivity index (χ0) is 22.5. The highest BCUT2D eigenvalue weighted by Crippen LogP contribution is 2.42. The summed E-state index contributed by atoms with van der Waals surface area (Å²) in [5, 5.41) is 12.2. The summed E-state index contributed by atoms with van der Waals surface area (Å²) in [6.45, 7) is 1.02. The van der Waals surface area contributed by atoms with Crippen LogP contribution in [0.2, 0.25) is 5.02 Å². The Morgan fingerprint density at radius 1 is 1.12 bits per heavy atom. The van der Waals surface area contributed by atoms with Crippen LogP contribution < -0.4 is 14.8 Å². The van der Waals surface area contributed by atoms with Crippen LogP contribution in [0.4, 0.5) is 4.79 Å². The minimum Gasteiger partial charge on any atom is -0.493 e. The van der Waals surface area contributed by atoms with Crippen LogP contribution in [0.3, 0.4) is 0 Å². The van der Waals surface area contributed by atoms with Crippen LogP contribution in [0.25, 0.3) is 0 Å². The number of carboxylic acid groups (broad SMARTS) is 1.